The molecule has 0 N–H and O–H groups in total. The Balaban J connectivity index is 1.36. The molecular weight excluding hydrogens is 348 g/mol. The minimum absolute atomic E-state index is 0.00805. The van der Waals surface area contributed by atoms with E-state index in [0.717, 1.165) is 30.7 Å². The summed E-state index contributed by atoms with van der Waals surface area (Å²) in [7, 11) is 0. The summed E-state index contributed by atoms with van der Waals surface area (Å²) in [6.07, 6.45) is 3.03. The first-order valence-corrected chi connectivity index (χ1v) is 9.79. The van der Waals surface area contributed by atoms with Gasteiger partial charge < -0.3 is 24.0 Å². The third-order valence-electron chi connectivity index (χ3n) is 5.41. The van der Waals surface area contributed by atoms with Crippen molar-refractivity contribution in [3.8, 4) is 5.75 Å². The molecule has 0 radical (unpaired) electrons. The SMILES string of the molecule is O=C(CCC(=O)N1CCCCC1C1OCCO1)N1CCOc2ccccc21. The summed E-state index contributed by atoms with van der Waals surface area (Å²) in [6.45, 7) is 2.86. The van der Waals surface area contributed by atoms with Gasteiger partial charge in [-0.15, -0.1) is 0 Å². The number of fused-ring (bicyclic) bond motifs is 1. The molecule has 7 nitrogen and oxygen atoms in total. The van der Waals surface area contributed by atoms with Crippen LogP contribution in [0.4, 0.5) is 5.69 Å². The molecule has 2 amide bonds. The molecule has 27 heavy (non-hydrogen) atoms. The number of amides is 2. The van der Waals surface area contributed by atoms with Crippen LogP contribution >= 0.6 is 0 Å². The second-order valence-electron chi connectivity index (χ2n) is 7.12. The molecule has 3 aliphatic rings. The van der Waals surface area contributed by atoms with Crippen LogP contribution < -0.4 is 9.64 Å². The van der Waals surface area contributed by atoms with Crippen molar-refractivity contribution in [1.29, 1.82) is 0 Å². The van der Waals surface area contributed by atoms with Gasteiger partial charge in [-0.1, -0.05) is 12.1 Å². The first-order valence-electron chi connectivity index (χ1n) is 9.79. The van der Waals surface area contributed by atoms with E-state index in [-0.39, 0.29) is 37.0 Å². The van der Waals surface area contributed by atoms with Crippen LogP contribution in [-0.2, 0) is 19.1 Å². The maximum atomic E-state index is 12.8. The summed E-state index contributed by atoms with van der Waals surface area (Å²) in [5.74, 6) is 0.685. The van der Waals surface area contributed by atoms with Crippen molar-refractivity contribution in [2.75, 3.05) is 37.8 Å². The monoisotopic (exact) mass is 374 g/mol. The number of para-hydroxylation sites is 2. The number of benzene rings is 1. The third kappa shape index (κ3) is 3.94. The van der Waals surface area contributed by atoms with Gasteiger partial charge in [-0.2, -0.15) is 0 Å². The van der Waals surface area contributed by atoms with Gasteiger partial charge in [0, 0.05) is 19.4 Å². The highest BCUT2D eigenvalue weighted by molar-refractivity contribution is 5.97. The van der Waals surface area contributed by atoms with Crippen molar-refractivity contribution in [2.24, 2.45) is 0 Å². The van der Waals surface area contributed by atoms with Gasteiger partial charge >= 0.3 is 0 Å². The number of piperidine rings is 1. The van der Waals surface area contributed by atoms with Gasteiger partial charge in [-0.3, -0.25) is 9.59 Å². The molecule has 4 rings (SSSR count). The Morgan fingerprint density at radius 3 is 2.59 bits per heavy atom. The van der Waals surface area contributed by atoms with Crippen LogP contribution in [0, 0.1) is 0 Å². The van der Waals surface area contributed by atoms with E-state index in [9.17, 15) is 9.59 Å². The minimum atomic E-state index is -0.323. The lowest BCUT2D eigenvalue weighted by Gasteiger charge is -2.38. The maximum absolute atomic E-state index is 12.8. The van der Waals surface area contributed by atoms with Crippen molar-refractivity contribution in [3.63, 3.8) is 0 Å². The molecule has 2 fully saturated rings. The highest BCUT2D eigenvalue weighted by Crippen LogP contribution is 2.31. The molecule has 0 spiro atoms. The van der Waals surface area contributed by atoms with Gasteiger partial charge in [0.05, 0.1) is 31.5 Å². The van der Waals surface area contributed by atoms with Crippen LogP contribution in [0.25, 0.3) is 0 Å². The van der Waals surface area contributed by atoms with E-state index in [2.05, 4.69) is 0 Å². The lowest BCUT2D eigenvalue weighted by atomic mass is 10.0. The van der Waals surface area contributed by atoms with Gasteiger partial charge in [-0.05, 0) is 31.4 Å². The van der Waals surface area contributed by atoms with Crippen LogP contribution in [0.2, 0.25) is 0 Å². The number of anilines is 1. The second kappa shape index (κ2) is 8.27. The predicted molar refractivity (Wildman–Crippen MR) is 98.6 cm³/mol. The van der Waals surface area contributed by atoms with E-state index < -0.39 is 0 Å². The van der Waals surface area contributed by atoms with E-state index in [1.807, 2.05) is 29.2 Å². The zero-order valence-electron chi connectivity index (χ0n) is 15.5. The first kappa shape index (κ1) is 18.3. The first-order chi connectivity index (χ1) is 13.2. The van der Waals surface area contributed by atoms with E-state index in [1.165, 1.54) is 0 Å². The van der Waals surface area contributed by atoms with Crippen molar-refractivity contribution >= 4 is 17.5 Å². The highest BCUT2D eigenvalue weighted by Gasteiger charge is 2.36. The number of hydrogen-bond donors (Lipinski definition) is 0. The largest absolute Gasteiger partial charge is 0.490 e. The van der Waals surface area contributed by atoms with Crippen molar-refractivity contribution in [3.05, 3.63) is 24.3 Å². The molecule has 0 aromatic heterocycles. The van der Waals surface area contributed by atoms with E-state index in [0.29, 0.717) is 32.9 Å². The molecule has 7 heteroatoms. The summed E-state index contributed by atoms with van der Waals surface area (Å²) in [5.41, 5.74) is 0.782. The summed E-state index contributed by atoms with van der Waals surface area (Å²) >= 11 is 0. The Morgan fingerprint density at radius 1 is 0.963 bits per heavy atom. The molecule has 1 atom stereocenters. The molecule has 0 bridgehead atoms. The number of hydrogen-bond acceptors (Lipinski definition) is 5. The Kier molecular flexibility index (Phi) is 5.59. The fraction of sp³-hybridized carbons (Fsp3) is 0.600. The maximum Gasteiger partial charge on any atom is 0.227 e. The lowest BCUT2D eigenvalue weighted by Crippen LogP contribution is -2.50. The van der Waals surface area contributed by atoms with Gasteiger partial charge in [0.25, 0.3) is 0 Å². The minimum Gasteiger partial charge on any atom is -0.490 e. The standard InChI is InChI=1S/C20H26N2O5/c23-18(21-10-4-3-6-16(21)20-26-13-14-27-20)8-9-19(24)22-11-12-25-17-7-2-1-5-15(17)22/h1-2,5,7,16,20H,3-4,6,8-14H2. The summed E-state index contributed by atoms with van der Waals surface area (Å²) in [5, 5.41) is 0. The fourth-order valence-corrected chi connectivity index (χ4v) is 4.07. The third-order valence-corrected chi connectivity index (χ3v) is 5.41. The summed E-state index contributed by atoms with van der Waals surface area (Å²) in [6, 6.07) is 7.48. The normalized spacial score (nSPS) is 23.0. The molecule has 1 unspecified atom stereocenters. The average Bonchev–Trinajstić information content (AvgIpc) is 3.26. The molecule has 0 saturated carbocycles. The van der Waals surface area contributed by atoms with E-state index in [4.69, 9.17) is 14.2 Å². The molecule has 0 aliphatic carbocycles. The Bertz CT molecular complexity index is 689. The Labute approximate surface area is 159 Å². The van der Waals surface area contributed by atoms with E-state index >= 15 is 0 Å². The summed E-state index contributed by atoms with van der Waals surface area (Å²) in [4.78, 5) is 29.1. The molecule has 1 aromatic carbocycles. The Hall–Kier alpha value is -2.12. The van der Waals surface area contributed by atoms with Crippen LogP contribution in [-0.4, -0.2) is 62.0 Å². The Morgan fingerprint density at radius 2 is 1.74 bits per heavy atom. The van der Waals surface area contributed by atoms with Crippen LogP contribution in [0.5, 0.6) is 5.75 Å². The van der Waals surface area contributed by atoms with Crippen molar-refractivity contribution < 1.29 is 23.8 Å². The number of carbonyl (C=O) groups excluding carboxylic acids is 2. The average molecular weight is 374 g/mol. The van der Waals surface area contributed by atoms with Crippen LogP contribution in [0.3, 0.4) is 0 Å². The van der Waals surface area contributed by atoms with Crippen molar-refractivity contribution in [2.45, 2.75) is 44.4 Å². The smallest absolute Gasteiger partial charge is 0.227 e. The van der Waals surface area contributed by atoms with Gasteiger partial charge in [0.2, 0.25) is 11.8 Å². The van der Waals surface area contributed by atoms with E-state index in [1.54, 1.807) is 4.90 Å². The quantitative estimate of drug-likeness (QED) is 0.806. The predicted octanol–water partition coefficient (Wildman–Crippen LogP) is 1.95. The number of ether oxygens (including phenoxy) is 3. The van der Waals surface area contributed by atoms with Gasteiger partial charge in [0.15, 0.2) is 6.29 Å². The zero-order valence-corrected chi connectivity index (χ0v) is 15.5. The number of rotatable bonds is 4. The number of likely N-dealkylation sites (tertiary alicyclic amines) is 1. The molecule has 1 aromatic rings. The fourth-order valence-electron chi connectivity index (χ4n) is 4.07. The lowest BCUT2D eigenvalue weighted by molar-refractivity contribution is -0.151. The molecular formula is C20H26N2O5. The topological polar surface area (TPSA) is 68.3 Å². The molecule has 3 aliphatic heterocycles. The second-order valence-corrected chi connectivity index (χ2v) is 7.12. The van der Waals surface area contributed by atoms with Gasteiger partial charge in [0.1, 0.15) is 12.4 Å². The molecule has 146 valence electrons. The number of nitrogens with zero attached hydrogens (tertiary/aromatic N) is 2. The van der Waals surface area contributed by atoms with Crippen molar-refractivity contribution in [1.82, 2.24) is 4.90 Å². The van der Waals surface area contributed by atoms with Crippen LogP contribution in [0.1, 0.15) is 32.1 Å². The van der Waals surface area contributed by atoms with Crippen LogP contribution in [0.15, 0.2) is 24.3 Å². The molecule has 2 saturated heterocycles. The molecule has 3 heterocycles. The summed E-state index contributed by atoms with van der Waals surface area (Å²) < 4.78 is 16.9. The van der Waals surface area contributed by atoms with Gasteiger partial charge in [-0.25, -0.2) is 0 Å². The number of carbonyl (C=O) groups is 2. The highest BCUT2D eigenvalue weighted by atomic mass is 16.7. The zero-order chi connectivity index (χ0) is 18.6.